The molecule has 0 saturated carbocycles. The summed E-state index contributed by atoms with van der Waals surface area (Å²) in [5.41, 5.74) is 2.40. The number of aryl methyl sites for hydroxylation is 1. The second-order valence-corrected chi connectivity index (χ2v) is 7.86. The highest BCUT2D eigenvalue weighted by Crippen LogP contribution is 2.38. The molecule has 1 aliphatic carbocycles. The number of carbonyl (C=O) groups excluding carboxylic acids is 2. The van der Waals surface area contributed by atoms with Crippen molar-refractivity contribution in [2.24, 2.45) is 0 Å². The Morgan fingerprint density at radius 2 is 1.78 bits per heavy atom. The first-order valence-corrected chi connectivity index (χ1v) is 10.2. The summed E-state index contributed by atoms with van der Waals surface area (Å²) < 4.78 is 0. The minimum absolute atomic E-state index is 0.0925. The summed E-state index contributed by atoms with van der Waals surface area (Å²) >= 11 is 1.55. The SMILES string of the molecule is CCNC(=O)c1c(NC(=O)c2cccc3ccccc23)sc2c1CCCC2. The van der Waals surface area contributed by atoms with E-state index in [9.17, 15) is 9.59 Å². The van der Waals surface area contributed by atoms with Crippen LogP contribution < -0.4 is 10.6 Å². The third-order valence-corrected chi connectivity index (χ3v) is 6.20. The van der Waals surface area contributed by atoms with Gasteiger partial charge >= 0.3 is 0 Å². The van der Waals surface area contributed by atoms with E-state index in [1.165, 1.54) is 4.88 Å². The first kappa shape index (κ1) is 17.7. The van der Waals surface area contributed by atoms with Gasteiger partial charge in [-0.15, -0.1) is 11.3 Å². The lowest BCUT2D eigenvalue weighted by molar-refractivity contribution is 0.0956. The van der Waals surface area contributed by atoms with E-state index in [2.05, 4.69) is 10.6 Å². The molecule has 0 atom stereocenters. The Labute approximate surface area is 162 Å². The zero-order valence-electron chi connectivity index (χ0n) is 15.3. The Balaban J connectivity index is 1.72. The Kier molecular flexibility index (Phi) is 4.94. The summed E-state index contributed by atoms with van der Waals surface area (Å²) in [7, 11) is 0. The van der Waals surface area contributed by atoms with Crippen LogP contribution in [0.3, 0.4) is 0 Å². The van der Waals surface area contributed by atoms with Gasteiger partial charge in [-0.25, -0.2) is 0 Å². The number of hydrogen-bond donors (Lipinski definition) is 2. The maximum absolute atomic E-state index is 13.0. The van der Waals surface area contributed by atoms with Gasteiger partial charge in [0.15, 0.2) is 0 Å². The van der Waals surface area contributed by atoms with Gasteiger partial charge in [-0.1, -0.05) is 36.4 Å². The van der Waals surface area contributed by atoms with Gasteiger partial charge in [-0.2, -0.15) is 0 Å². The van der Waals surface area contributed by atoms with Crippen molar-refractivity contribution in [3.05, 3.63) is 64.0 Å². The molecular weight excluding hydrogens is 356 g/mol. The predicted molar refractivity (Wildman–Crippen MR) is 111 cm³/mol. The van der Waals surface area contributed by atoms with Gasteiger partial charge in [-0.3, -0.25) is 9.59 Å². The van der Waals surface area contributed by atoms with Gasteiger partial charge in [0.05, 0.1) is 5.56 Å². The van der Waals surface area contributed by atoms with Crippen LogP contribution in [0.25, 0.3) is 10.8 Å². The van der Waals surface area contributed by atoms with E-state index in [1.807, 2.05) is 49.4 Å². The summed E-state index contributed by atoms with van der Waals surface area (Å²) in [6, 6.07) is 13.6. The predicted octanol–water partition coefficient (Wildman–Crippen LogP) is 4.78. The molecule has 3 aromatic rings. The number of carbonyl (C=O) groups is 2. The van der Waals surface area contributed by atoms with Crippen LogP contribution in [0.1, 0.15) is 50.9 Å². The van der Waals surface area contributed by atoms with E-state index in [0.29, 0.717) is 22.7 Å². The molecule has 4 rings (SSSR count). The van der Waals surface area contributed by atoms with E-state index in [4.69, 9.17) is 0 Å². The summed E-state index contributed by atoms with van der Waals surface area (Å²) in [5.74, 6) is -0.263. The van der Waals surface area contributed by atoms with Crippen LogP contribution in [-0.4, -0.2) is 18.4 Å². The standard InChI is InChI=1S/C22H22N2O2S/c1-2-23-21(26)19-17-11-5-6-13-18(17)27-22(19)24-20(25)16-12-7-9-14-8-3-4-10-15(14)16/h3-4,7-10,12H,2,5-6,11,13H2,1H3,(H,23,26)(H,24,25). The molecule has 27 heavy (non-hydrogen) atoms. The van der Waals surface area contributed by atoms with Gasteiger partial charge in [0.25, 0.3) is 11.8 Å². The molecule has 0 aliphatic heterocycles. The van der Waals surface area contributed by atoms with Gasteiger partial charge < -0.3 is 10.6 Å². The highest BCUT2D eigenvalue weighted by molar-refractivity contribution is 7.17. The van der Waals surface area contributed by atoms with E-state index >= 15 is 0 Å². The number of hydrogen-bond acceptors (Lipinski definition) is 3. The average molecular weight is 378 g/mol. The molecule has 138 valence electrons. The molecule has 2 amide bonds. The molecule has 0 spiro atoms. The summed E-state index contributed by atoms with van der Waals surface area (Å²) in [6.45, 7) is 2.48. The quantitative estimate of drug-likeness (QED) is 0.686. The number of benzene rings is 2. The fourth-order valence-electron chi connectivity index (χ4n) is 3.74. The number of fused-ring (bicyclic) bond motifs is 2. The van der Waals surface area contributed by atoms with Crippen molar-refractivity contribution in [3.63, 3.8) is 0 Å². The lowest BCUT2D eigenvalue weighted by Crippen LogP contribution is -2.25. The summed E-state index contributed by atoms with van der Waals surface area (Å²) in [5, 5.41) is 8.55. The maximum atomic E-state index is 13.0. The van der Waals surface area contributed by atoms with E-state index < -0.39 is 0 Å². The number of nitrogens with one attached hydrogen (secondary N) is 2. The van der Waals surface area contributed by atoms with Crippen LogP contribution in [0.5, 0.6) is 0 Å². The summed E-state index contributed by atoms with van der Waals surface area (Å²) in [6.07, 6.45) is 4.12. The Bertz CT molecular complexity index is 1020. The lowest BCUT2D eigenvalue weighted by atomic mass is 9.95. The molecule has 0 saturated heterocycles. The number of anilines is 1. The van der Waals surface area contributed by atoms with Crippen LogP contribution in [0.4, 0.5) is 5.00 Å². The van der Waals surface area contributed by atoms with Crippen LogP contribution >= 0.6 is 11.3 Å². The van der Waals surface area contributed by atoms with Crippen molar-refractivity contribution in [1.82, 2.24) is 5.32 Å². The second kappa shape index (κ2) is 7.53. The highest BCUT2D eigenvalue weighted by Gasteiger charge is 2.26. The molecule has 1 heterocycles. The minimum Gasteiger partial charge on any atom is -0.352 e. The first-order valence-electron chi connectivity index (χ1n) is 9.41. The number of amides is 2. The molecule has 1 aromatic heterocycles. The van der Waals surface area contributed by atoms with Crippen LogP contribution in [-0.2, 0) is 12.8 Å². The van der Waals surface area contributed by atoms with Crippen molar-refractivity contribution >= 4 is 38.9 Å². The van der Waals surface area contributed by atoms with E-state index in [0.717, 1.165) is 42.0 Å². The topological polar surface area (TPSA) is 58.2 Å². The molecule has 0 bridgehead atoms. The highest BCUT2D eigenvalue weighted by atomic mass is 32.1. The van der Waals surface area contributed by atoms with E-state index in [-0.39, 0.29) is 11.8 Å². The molecule has 2 aromatic carbocycles. The smallest absolute Gasteiger partial charge is 0.256 e. The van der Waals surface area contributed by atoms with Crippen molar-refractivity contribution in [3.8, 4) is 0 Å². The average Bonchev–Trinajstić information content (AvgIpc) is 3.05. The number of thiophene rings is 1. The fraction of sp³-hybridized carbons (Fsp3) is 0.273. The van der Waals surface area contributed by atoms with Crippen LogP contribution in [0.15, 0.2) is 42.5 Å². The summed E-state index contributed by atoms with van der Waals surface area (Å²) in [4.78, 5) is 26.9. The van der Waals surface area contributed by atoms with Crippen LogP contribution in [0.2, 0.25) is 0 Å². The van der Waals surface area contributed by atoms with Gasteiger partial charge in [0.2, 0.25) is 0 Å². The lowest BCUT2D eigenvalue weighted by Gasteiger charge is -2.13. The third-order valence-electron chi connectivity index (χ3n) is 5.00. The van der Waals surface area contributed by atoms with Crippen molar-refractivity contribution in [2.45, 2.75) is 32.6 Å². The van der Waals surface area contributed by atoms with Gasteiger partial charge in [-0.05, 0) is 55.0 Å². The molecule has 0 fully saturated rings. The van der Waals surface area contributed by atoms with Gasteiger partial charge in [0.1, 0.15) is 5.00 Å². The normalized spacial score (nSPS) is 13.2. The Morgan fingerprint density at radius 3 is 2.63 bits per heavy atom. The third kappa shape index (κ3) is 3.35. The fourth-order valence-corrected chi connectivity index (χ4v) is 5.02. The monoisotopic (exact) mass is 378 g/mol. The van der Waals surface area contributed by atoms with Crippen molar-refractivity contribution < 1.29 is 9.59 Å². The van der Waals surface area contributed by atoms with Crippen LogP contribution in [0, 0.1) is 0 Å². The molecule has 5 heteroatoms. The van der Waals surface area contributed by atoms with Gasteiger partial charge in [0, 0.05) is 17.0 Å². The van der Waals surface area contributed by atoms with Crippen molar-refractivity contribution in [1.29, 1.82) is 0 Å². The Morgan fingerprint density at radius 1 is 1.00 bits per heavy atom. The zero-order chi connectivity index (χ0) is 18.8. The van der Waals surface area contributed by atoms with E-state index in [1.54, 1.807) is 11.3 Å². The molecule has 2 N–H and O–H groups in total. The molecule has 0 radical (unpaired) electrons. The van der Waals surface area contributed by atoms with Crippen molar-refractivity contribution in [2.75, 3.05) is 11.9 Å². The zero-order valence-corrected chi connectivity index (χ0v) is 16.1. The Hall–Kier alpha value is -2.66. The molecule has 0 unspecified atom stereocenters. The minimum atomic E-state index is -0.170. The number of rotatable bonds is 4. The molecular formula is C22H22N2O2S. The first-order chi connectivity index (χ1) is 13.2. The molecule has 4 nitrogen and oxygen atoms in total. The second-order valence-electron chi connectivity index (χ2n) is 6.76. The molecule has 1 aliphatic rings. The largest absolute Gasteiger partial charge is 0.352 e. The maximum Gasteiger partial charge on any atom is 0.256 e.